The Labute approximate surface area is 166 Å². The molecule has 1 amide bonds. The number of carbonyl (C=O) groups excluding carboxylic acids is 1. The number of anilines is 1. The van der Waals surface area contributed by atoms with Crippen LogP contribution in [0.2, 0.25) is 0 Å². The molecule has 0 spiro atoms. The van der Waals surface area contributed by atoms with E-state index in [2.05, 4.69) is 9.97 Å². The fourth-order valence-electron chi connectivity index (χ4n) is 2.89. The highest BCUT2D eigenvalue weighted by atomic mass is 32.1. The van der Waals surface area contributed by atoms with Crippen LogP contribution in [0.15, 0.2) is 66.9 Å². The molecule has 140 valence electrons. The van der Waals surface area contributed by atoms with E-state index in [-0.39, 0.29) is 18.1 Å². The Morgan fingerprint density at radius 1 is 1.11 bits per heavy atom. The van der Waals surface area contributed by atoms with Crippen molar-refractivity contribution in [3.05, 3.63) is 89.5 Å². The van der Waals surface area contributed by atoms with Crippen molar-refractivity contribution in [2.75, 3.05) is 4.90 Å². The van der Waals surface area contributed by atoms with Gasteiger partial charge in [0.05, 0.1) is 28.9 Å². The smallest absolute Gasteiger partial charge is 0.233 e. The number of benzene rings is 2. The van der Waals surface area contributed by atoms with Crippen LogP contribution in [0.3, 0.4) is 0 Å². The molecule has 0 fully saturated rings. The van der Waals surface area contributed by atoms with Gasteiger partial charge in [-0.2, -0.15) is 0 Å². The van der Waals surface area contributed by atoms with E-state index in [0.29, 0.717) is 21.9 Å². The zero-order chi connectivity index (χ0) is 19.5. The highest BCUT2D eigenvalue weighted by Gasteiger charge is 2.21. The Morgan fingerprint density at radius 2 is 1.93 bits per heavy atom. The second kappa shape index (κ2) is 7.86. The molecule has 4 rings (SSSR count). The number of hydrogen-bond donors (Lipinski definition) is 0. The summed E-state index contributed by atoms with van der Waals surface area (Å²) in [6.07, 6.45) is 1.96. The predicted octanol–water partition coefficient (Wildman–Crippen LogP) is 4.91. The lowest BCUT2D eigenvalue weighted by Gasteiger charge is -2.19. The summed E-state index contributed by atoms with van der Waals surface area (Å²) < 4.78 is 14.3. The number of rotatable bonds is 5. The lowest BCUT2D eigenvalue weighted by Crippen LogP contribution is -2.32. The first-order chi connectivity index (χ1) is 13.6. The van der Waals surface area contributed by atoms with E-state index in [0.717, 1.165) is 16.8 Å². The van der Waals surface area contributed by atoms with E-state index >= 15 is 0 Å². The summed E-state index contributed by atoms with van der Waals surface area (Å²) in [6, 6.07) is 18.0. The molecule has 2 heterocycles. The fraction of sp³-hybridized carbons (Fsp3) is 0.136. The first kappa shape index (κ1) is 18.3. The summed E-state index contributed by atoms with van der Waals surface area (Å²) in [6.45, 7) is 2.33. The molecule has 4 aromatic rings. The fourth-order valence-corrected chi connectivity index (χ4v) is 3.90. The van der Waals surface area contributed by atoms with Crippen LogP contribution < -0.4 is 4.90 Å². The van der Waals surface area contributed by atoms with E-state index in [1.807, 2.05) is 49.4 Å². The van der Waals surface area contributed by atoms with Gasteiger partial charge < -0.3 is 0 Å². The highest BCUT2D eigenvalue weighted by molar-refractivity contribution is 7.22. The third-order valence-corrected chi connectivity index (χ3v) is 5.43. The van der Waals surface area contributed by atoms with Crippen LogP contribution in [0.4, 0.5) is 9.52 Å². The number of halogens is 1. The van der Waals surface area contributed by atoms with E-state index in [1.165, 1.54) is 23.5 Å². The van der Waals surface area contributed by atoms with Crippen molar-refractivity contribution >= 4 is 32.6 Å². The molecule has 2 aromatic heterocycles. The van der Waals surface area contributed by atoms with Gasteiger partial charge in [-0.3, -0.25) is 14.7 Å². The molecule has 0 bridgehead atoms. The summed E-state index contributed by atoms with van der Waals surface area (Å²) in [7, 11) is 0. The van der Waals surface area contributed by atoms with Crippen molar-refractivity contribution < 1.29 is 9.18 Å². The Balaban J connectivity index is 1.67. The lowest BCUT2D eigenvalue weighted by atomic mass is 10.1. The zero-order valence-corrected chi connectivity index (χ0v) is 16.1. The molecule has 28 heavy (non-hydrogen) atoms. The van der Waals surface area contributed by atoms with Crippen LogP contribution in [0, 0.1) is 12.7 Å². The van der Waals surface area contributed by atoms with Crippen molar-refractivity contribution in [3.8, 4) is 0 Å². The number of carbonyl (C=O) groups is 1. The maximum absolute atomic E-state index is 13.6. The van der Waals surface area contributed by atoms with Gasteiger partial charge in [-0.05, 0) is 42.8 Å². The van der Waals surface area contributed by atoms with Gasteiger partial charge in [0.25, 0.3) is 0 Å². The van der Waals surface area contributed by atoms with Gasteiger partial charge in [-0.25, -0.2) is 9.37 Å². The summed E-state index contributed by atoms with van der Waals surface area (Å²) in [5.74, 6) is -0.390. The van der Waals surface area contributed by atoms with Gasteiger partial charge in [0.15, 0.2) is 5.13 Å². The number of nitrogens with zero attached hydrogens (tertiary/aromatic N) is 3. The Bertz CT molecular complexity index is 1110. The second-order valence-corrected chi connectivity index (χ2v) is 7.58. The van der Waals surface area contributed by atoms with Gasteiger partial charge >= 0.3 is 0 Å². The van der Waals surface area contributed by atoms with Gasteiger partial charge in [-0.15, -0.1) is 0 Å². The summed E-state index contributed by atoms with van der Waals surface area (Å²) in [4.78, 5) is 23.7. The number of thiazole rings is 1. The SMILES string of the molecule is Cc1ccc(CC(=O)N(Cc2ccccn2)c2nc3ccc(F)cc3s2)cc1. The minimum Gasteiger partial charge on any atom is -0.282 e. The quantitative estimate of drug-likeness (QED) is 0.485. The first-order valence-electron chi connectivity index (χ1n) is 8.90. The molecule has 0 atom stereocenters. The summed E-state index contributed by atoms with van der Waals surface area (Å²) in [5, 5.41) is 0.545. The molecule has 0 N–H and O–H groups in total. The molecular formula is C22H18FN3OS. The van der Waals surface area contributed by atoms with Crippen molar-refractivity contribution in [2.24, 2.45) is 0 Å². The molecule has 0 radical (unpaired) electrons. The number of aryl methyl sites for hydroxylation is 1. The number of pyridine rings is 1. The normalized spacial score (nSPS) is 10.9. The van der Waals surface area contributed by atoms with Gasteiger partial charge in [-0.1, -0.05) is 47.2 Å². The molecular weight excluding hydrogens is 373 g/mol. The first-order valence-corrected chi connectivity index (χ1v) is 9.72. The third-order valence-electron chi connectivity index (χ3n) is 4.39. The minimum absolute atomic E-state index is 0.0750. The van der Waals surface area contributed by atoms with Crippen molar-refractivity contribution in [1.29, 1.82) is 0 Å². The molecule has 4 nitrogen and oxygen atoms in total. The van der Waals surface area contributed by atoms with E-state index < -0.39 is 0 Å². The third kappa shape index (κ3) is 4.07. The maximum atomic E-state index is 13.6. The second-order valence-electron chi connectivity index (χ2n) is 6.57. The van der Waals surface area contributed by atoms with Gasteiger partial charge in [0, 0.05) is 6.20 Å². The molecule has 0 aliphatic rings. The van der Waals surface area contributed by atoms with Crippen molar-refractivity contribution in [1.82, 2.24) is 9.97 Å². The monoisotopic (exact) mass is 391 g/mol. The van der Waals surface area contributed by atoms with Crippen LogP contribution in [0.5, 0.6) is 0 Å². The number of fused-ring (bicyclic) bond motifs is 1. The highest BCUT2D eigenvalue weighted by Crippen LogP contribution is 2.30. The lowest BCUT2D eigenvalue weighted by molar-refractivity contribution is -0.118. The molecule has 0 saturated heterocycles. The Kier molecular flexibility index (Phi) is 5.12. The van der Waals surface area contributed by atoms with Gasteiger partial charge in [0.1, 0.15) is 5.82 Å². The zero-order valence-electron chi connectivity index (χ0n) is 15.3. The van der Waals surface area contributed by atoms with E-state index in [4.69, 9.17) is 0 Å². The minimum atomic E-state index is -0.315. The van der Waals surface area contributed by atoms with Crippen LogP contribution in [0.1, 0.15) is 16.8 Å². The van der Waals surface area contributed by atoms with Crippen molar-refractivity contribution in [3.63, 3.8) is 0 Å². The average molecular weight is 391 g/mol. The van der Waals surface area contributed by atoms with Crippen LogP contribution in [-0.2, 0) is 17.8 Å². The summed E-state index contributed by atoms with van der Waals surface area (Å²) in [5.41, 5.74) is 3.53. The largest absolute Gasteiger partial charge is 0.282 e. The molecule has 0 aliphatic heterocycles. The molecule has 2 aromatic carbocycles. The molecule has 6 heteroatoms. The Morgan fingerprint density at radius 3 is 2.68 bits per heavy atom. The van der Waals surface area contributed by atoms with E-state index in [9.17, 15) is 9.18 Å². The molecule has 0 unspecified atom stereocenters. The van der Waals surface area contributed by atoms with Crippen LogP contribution in [-0.4, -0.2) is 15.9 Å². The van der Waals surface area contributed by atoms with Crippen LogP contribution in [0.25, 0.3) is 10.2 Å². The molecule has 0 saturated carbocycles. The van der Waals surface area contributed by atoms with E-state index in [1.54, 1.807) is 17.2 Å². The Hall–Kier alpha value is -3.12. The summed E-state index contributed by atoms with van der Waals surface area (Å²) >= 11 is 1.31. The standard InChI is InChI=1S/C22H18FN3OS/c1-15-5-7-16(8-6-15)12-21(27)26(14-18-4-2-3-11-24-18)22-25-19-10-9-17(23)13-20(19)28-22/h2-11,13H,12,14H2,1H3. The van der Waals surface area contributed by atoms with Crippen molar-refractivity contribution in [2.45, 2.75) is 19.9 Å². The average Bonchev–Trinajstić information content (AvgIpc) is 3.11. The number of hydrogen-bond acceptors (Lipinski definition) is 4. The predicted molar refractivity (Wildman–Crippen MR) is 110 cm³/mol. The van der Waals surface area contributed by atoms with Crippen LogP contribution >= 0.6 is 11.3 Å². The maximum Gasteiger partial charge on any atom is 0.233 e. The number of aromatic nitrogens is 2. The van der Waals surface area contributed by atoms with Gasteiger partial charge in [0.2, 0.25) is 5.91 Å². The molecule has 0 aliphatic carbocycles. The number of amides is 1. The topological polar surface area (TPSA) is 46.1 Å².